The van der Waals surface area contributed by atoms with Crippen LogP contribution in [0.5, 0.6) is 11.5 Å². The molecule has 2 aromatic heterocycles. The summed E-state index contributed by atoms with van der Waals surface area (Å²) in [5.41, 5.74) is 4.12. The maximum atomic E-state index is 14.9. The second-order valence-electron chi connectivity index (χ2n) is 14.1. The number of nitrogens with zero attached hydrogens (tertiary/aromatic N) is 4. The van der Waals surface area contributed by atoms with Gasteiger partial charge in [-0.2, -0.15) is 0 Å². The summed E-state index contributed by atoms with van der Waals surface area (Å²) in [5, 5.41) is 3.08. The fourth-order valence-corrected chi connectivity index (χ4v) is 8.74. The summed E-state index contributed by atoms with van der Waals surface area (Å²) in [7, 11) is 0.760. The van der Waals surface area contributed by atoms with Gasteiger partial charge in [-0.25, -0.2) is 19.5 Å². The number of benzene rings is 5. The molecular weight excluding hydrogens is 782 g/mol. The number of aromatic nitrogens is 4. The van der Waals surface area contributed by atoms with Crippen molar-refractivity contribution in [1.82, 2.24) is 19.5 Å². The molecule has 14 heteroatoms. The van der Waals surface area contributed by atoms with Crippen molar-refractivity contribution in [3.05, 3.63) is 180 Å². The van der Waals surface area contributed by atoms with E-state index in [0.717, 1.165) is 27.8 Å². The zero-order valence-electron chi connectivity index (χ0n) is 33.5. The van der Waals surface area contributed by atoms with Gasteiger partial charge in [-0.1, -0.05) is 115 Å². The van der Waals surface area contributed by atoms with E-state index in [1.807, 2.05) is 144 Å². The van der Waals surface area contributed by atoms with Crippen LogP contribution in [0.1, 0.15) is 40.5 Å². The molecule has 5 aromatic carbocycles. The normalized spacial score (nSPS) is 16.8. The highest BCUT2D eigenvalue weighted by molar-refractivity contribution is 7.48. The van der Waals surface area contributed by atoms with Crippen molar-refractivity contribution in [2.45, 2.75) is 43.7 Å². The van der Waals surface area contributed by atoms with Crippen LogP contribution in [0.25, 0.3) is 11.2 Å². The van der Waals surface area contributed by atoms with Gasteiger partial charge in [-0.05, 0) is 52.1 Å². The summed E-state index contributed by atoms with van der Waals surface area (Å²) in [5.74, 6) is 1.97. The smallest absolute Gasteiger partial charge is 0.475 e. The number of imidazole rings is 1. The molecule has 0 bridgehead atoms. The third-order valence-electron chi connectivity index (χ3n) is 10.5. The Morgan fingerprint density at radius 1 is 0.717 bits per heavy atom. The van der Waals surface area contributed by atoms with E-state index >= 15 is 0 Å². The highest BCUT2D eigenvalue weighted by atomic mass is 31.2. The predicted molar refractivity (Wildman–Crippen MR) is 227 cm³/mol. The second-order valence-corrected chi connectivity index (χ2v) is 15.7. The third-order valence-corrected chi connectivity index (χ3v) is 11.9. The minimum atomic E-state index is -4.28. The maximum absolute atomic E-state index is 14.9. The number of anilines is 1. The van der Waals surface area contributed by atoms with Gasteiger partial charge in [-0.3, -0.25) is 18.1 Å². The molecule has 0 amide bonds. The molecule has 0 aliphatic carbocycles. The van der Waals surface area contributed by atoms with E-state index in [0.29, 0.717) is 28.5 Å². The Morgan fingerprint density at radius 3 is 1.78 bits per heavy atom. The molecule has 0 radical (unpaired) electrons. The van der Waals surface area contributed by atoms with Crippen LogP contribution in [-0.4, -0.2) is 59.6 Å². The number of nitrogens with one attached hydrogen (secondary N) is 1. The summed E-state index contributed by atoms with van der Waals surface area (Å²) < 4.78 is 60.8. The van der Waals surface area contributed by atoms with Crippen molar-refractivity contribution in [2.75, 3.05) is 33.2 Å². The Bertz CT molecular complexity index is 2400. The molecule has 0 saturated carbocycles. The van der Waals surface area contributed by atoms with Gasteiger partial charge in [0.1, 0.15) is 47.4 Å². The van der Waals surface area contributed by atoms with Gasteiger partial charge in [0.05, 0.1) is 40.4 Å². The first-order chi connectivity index (χ1) is 29.4. The quantitative estimate of drug-likeness (QED) is 0.0653. The topological polar surface area (TPSA) is 137 Å². The monoisotopic (exact) mass is 827 g/mol. The minimum Gasteiger partial charge on any atom is -0.497 e. The van der Waals surface area contributed by atoms with Crippen LogP contribution < -0.4 is 14.8 Å². The van der Waals surface area contributed by atoms with Crippen molar-refractivity contribution < 1.29 is 37.1 Å². The number of ether oxygens (including phenoxy) is 4. The molecule has 0 spiro atoms. The third kappa shape index (κ3) is 8.83. The summed E-state index contributed by atoms with van der Waals surface area (Å²) in [4.78, 5) is 13.5. The molecule has 8 rings (SSSR count). The molecule has 1 fully saturated rings. The van der Waals surface area contributed by atoms with E-state index in [9.17, 15) is 4.57 Å². The molecule has 13 nitrogen and oxygen atoms in total. The minimum absolute atomic E-state index is 0.00693. The van der Waals surface area contributed by atoms with E-state index in [1.165, 1.54) is 6.33 Å². The molecule has 3 heterocycles. The molecule has 7 aromatic rings. The van der Waals surface area contributed by atoms with Crippen molar-refractivity contribution in [2.24, 2.45) is 0 Å². The number of methoxy groups -OCH3 is 2. The summed E-state index contributed by atoms with van der Waals surface area (Å²) in [6, 6.07) is 44.5. The lowest BCUT2D eigenvalue weighted by atomic mass is 9.80. The largest absolute Gasteiger partial charge is 0.497 e. The number of fused-ring (bicyclic) bond motifs is 1. The van der Waals surface area contributed by atoms with Crippen LogP contribution in [0.4, 0.5) is 5.82 Å². The maximum Gasteiger partial charge on any atom is 0.475 e. The summed E-state index contributed by atoms with van der Waals surface area (Å²) in [6.45, 7) is -0.0328. The SMILES string of the molecule is CNc1ncnc2c1ncn2[C@H]1C[C@H](OP(=O)(OCc2ccccc2)OCc2ccccc2)[C@@H](COC(c2ccccc2)(c2ccc(OC)cc2)c2ccc(OC)cc2)O1. The molecule has 60 heavy (non-hydrogen) atoms. The lowest BCUT2D eigenvalue weighted by Crippen LogP contribution is -2.38. The van der Waals surface area contributed by atoms with Crippen molar-refractivity contribution in [1.29, 1.82) is 0 Å². The fraction of sp³-hybridized carbons (Fsp3) is 0.239. The van der Waals surface area contributed by atoms with Gasteiger partial charge in [0.2, 0.25) is 0 Å². The molecular formula is C46H46N5O8P. The van der Waals surface area contributed by atoms with E-state index in [1.54, 1.807) is 27.6 Å². The highest BCUT2D eigenvalue weighted by Crippen LogP contribution is 2.55. The number of hydrogen-bond donors (Lipinski definition) is 1. The Kier molecular flexibility index (Phi) is 12.6. The van der Waals surface area contributed by atoms with Crippen LogP contribution in [0.2, 0.25) is 0 Å². The lowest BCUT2D eigenvalue weighted by molar-refractivity contribution is -0.0935. The highest BCUT2D eigenvalue weighted by Gasteiger charge is 2.46. The number of phosphoric acid groups is 1. The fourth-order valence-electron chi connectivity index (χ4n) is 7.38. The number of phosphoric ester groups is 1. The molecule has 1 saturated heterocycles. The number of hydrogen-bond acceptors (Lipinski definition) is 12. The molecule has 0 unspecified atom stereocenters. The van der Waals surface area contributed by atoms with Gasteiger partial charge in [-0.15, -0.1) is 0 Å². The first-order valence-electron chi connectivity index (χ1n) is 19.6. The standard InChI is InChI=1S/C46H46N5O8P/c1-47-44-43-45(49-31-48-44)51(32-50-43)42-27-40(59-60(52,56-28-33-13-7-4-8-14-33)57-29-34-15-9-5-10-16-34)41(58-42)30-55-46(35-17-11-6-12-18-35,36-19-23-38(53-2)24-20-36)37-21-25-39(54-3)26-22-37/h4-26,31-32,40-42H,27-30H2,1-3H3,(H,47,48,49)/t40-,41+,42+/m0/s1. The Balaban J connectivity index is 1.18. The van der Waals surface area contributed by atoms with Crippen LogP contribution in [0, 0.1) is 0 Å². The molecule has 1 aliphatic heterocycles. The summed E-state index contributed by atoms with van der Waals surface area (Å²) >= 11 is 0. The zero-order chi connectivity index (χ0) is 41.4. The second kappa shape index (κ2) is 18.6. The first-order valence-corrected chi connectivity index (χ1v) is 21.0. The van der Waals surface area contributed by atoms with Gasteiger partial charge >= 0.3 is 7.82 Å². The Morgan fingerprint density at radius 2 is 1.25 bits per heavy atom. The van der Waals surface area contributed by atoms with Gasteiger partial charge in [0.15, 0.2) is 11.5 Å². The number of rotatable bonds is 18. The van der Waals surface area contributed by atoms with Crippen molar-refractivity contribution in [3.8, 4) is 11.5 Å². The van der Waals surface area contributed by atoms with E-state index in [-0.39, 0.29) is 26.2 Å². The average molecular weight is 828 g/mol. The van der Waals surface area contributed by atoms with Crippen LogP contribution >= 0.6 is 7.82 Å². The lowest BCUT2D eigenvalue weighted by Gasteiger charge is -2.37. The van der Waals surface area contributed by atoms with Crippen LogP contribution in [-0.2, 0) is 46.4 Å². The predicted octanol–water partition coefficient (Wildman–Crippen LogP) is 9.11. The van der Waals surface area contributed by atoms with Gasteiger partial charge in [0, 0.05) is 13.5 Å². The van der Waals surface area contributed by atoms with Gasteiger partial charge < -0.3 is 24.3 Å². The molecule has 3 atom stereocenters. The molecule has 1 aliphatic rings. The van der Waals surface area contributed by atoms with Crippen LogP contribution in [0.3, 0.4) is 0 Å². The Hall–Kier alpha value is -5.92. The van der Waals surface area contributed by atoms with Gasteiger partial charge in [0.25, 0.3) is 0 Å². The average Bonchev–Trinajstić information content (AvgIpc) is 3.93. The zero-order valence-corrected chi connectivity index (χ0v) is 34.4. The van der Waals surface area contributed by atoms with Crippen LogP contribution in [0.15, 0.2) is 152 Å². The van der Waals surface area contributed by atoms with Crippen molar-refractivity contribution >= 4 is 24.8 Å². The molecule has 1 N–H and O–H groups in total. The van der Waals surface area contributed by atoms with E-state index in [2.05, 4.69) is 20.3 Å². The molecule has 308 valence electrons. The van der Waals surface area contributed by atoms with E-state index in [4.69, 9.17) is 32.5 Å². The Labute approximate surface area is 348 Å². The van der Waals surface area contributed by atoms with Crippen molar-refractivity contribution in [3.63, 3.8) is 0 Å². The first kappa shape index (κ1) is 40.8. The summed E-state index contributed by atoms with van der Waals surface area (Å²) in [6.07, 6.45) is 1.05. The van der Waals surface area contributed by atoms with E-state index < -0.39 is 31.9 Å².